The third-order valence-corrected chi connectivity index (χ3v) is 5.85. The Labute approximate surface area is 163 Å². The second kappa shape index (κ2) is 7.13. The topological polar surface area (TPSA) is 84.6 Å². The molecule has 2 heterocycles. The van der Waals surface area contributed by atoms with Crippen LogP contribution in [-0.4, -0.2) is 41.9 Å². The molecule has 0 bridgehead atoms. The van der Waals surface area contributed by atoms with Crippen molar-refractivity contribution < 1.29 is 9.26 Å². The highest BCUT2D eigenvalue weighted by Gasteiger charge is 2.59. The zero-order valence-electron chi connectivity index (χ0n) is 15.7. The summed E-state index contributed by atoms with van der Waals surface area (Å²) in [5.74, 6) is 2.30. The van der Waals surface area contributed by atoms with Crippen LogP contribution in [0.25, 0.3) is 11.4 Å². The predicted molar refractivity (Wildman–Crippen MR) is 103 cm³/mol. The highest BCUT2D eigenvalue weighted by molar-refractivity contribution is 6.30. The zero-order valence-corrected chi connectivity index (χ0v) is 16.5. The molecule has 2 aromatic rings. The average Bonchev–Trinajstić information content (AvgIpc) is 3.31. The number of ether oxygens (including phenoxy) is 1. The Kier molecular flexibility index (Phi) is 4.82. The lowest BCUT2D eigenvalue weighted by molar-refractivity contribution is -0.106. The average molecular weight is 390 g/mol. The summed E-state index contributed by atoms with van der Waals surface area (Å²) >= 11 is 5.91. The number of aliphatic imine (C=N–C) groups is 1. The molecule has 1 saturated heterocycles. The van der Waals surface area contributed by atoms with Crippen LogP contribution in [0.2, 0.25) is 5.02 Å². The van der Waals surface area contributed by atoms with Crippen molar-refractivity contribution in [1.82, 2.24) is 20.8 Å². The van der Waals surface area contributed by atoms with Crippen LogP contribution < -0.4 is 10.6 Å². The van der Waals surface area contributed by atoms with E-state index in [-0.39, 0.29) is 5.41 Å². The van der Waals surface area contributed by atoms with Crippen LogP contribution in [0.4, 0.5) is 0 Å². The van der Waals surface area contributed by atoms with Gasteiger partial charge in [0.15, 0.2) is 5.96 Å². The summed E-state index contributed by atoms with van der Waals surface area (Å²) in [4.78, 5) is 8.75. The first-order chi connectivity index (χ1) is 13.0. The van der Waals surface area contributed by atoms with E-state index in [1.807, 2.05) is 12.1 Å². The van der Waals surface area contributed by atoms with Gasteiger partial charge in [-0.2, -0.15) is 4.98 Å². The molecule has 27 heavy (non-hydrogen) atoms. The van der Waals surface area contributed by atoms with Gasteiger partial charge in [0.05, 0.1) is 12.6 Å². The van der Waals surface area contributed by atoms with Gasteiger partial charge >= 0.3 is 0 Å². The van der Waals surface area contributed by atoms with Crippen LogP contribution in [0.3, 0.4) is 0 Å². The van der Waals surface area contributed by atoms with Gasteiger partial charge in [-0.15, -0.1) is 0 Å². The molecule has 1 aromatic carbocycles. The third kappa shape index (κ3) is 3.41. The minimum absolute atomic E-state index is 0.0883. The number of nitrogens with zero attached hydrogens (tertiary/aromatic N) is 3. The van der Waals surface area contributed by atoms with Crippen molar-refractivity contribution in [2.45, 2.75) is 39.0 Å². The zero-order chi connectivity index (χ0) is 19.0. The van der Waals surface area contributed by atoms with Gasteiger partial charge in [0.1, 0.15) is 0 Å². The molecule has 7 nitrogen and oxygen atoms in total. The van der Waals surface area contributed by atoms with Crippen molar-refractivity contribution in [3.63, 3.8) is 0 Å². The summed E-state index contributed by atoms with van der Waals surface area (Å²) in [6.07, 6.45) is 1.43. The Morgan fingerprint density at radius 1 is 1.33 bits per heavy atom. The van der Waals surface area contributed by atoms with Crippen LogP contribution in [0.15, 0.2) is 33.8 Å². The van der Waals surface area contributed by atoms with Crippen LogP contribution in [0, 0.1) is 11.3 Å². The SMILES string of the molecule is CN=C(NCc1nc(-c2ccc(Cl)cc2)no1)NC1C2CCOC2C1(C)C. The molecule has 1 aliphatic heterocycles. The molecule has 2 N–H and O–H groups in total. The minimum Gasteiger partial charge on any atom is -0.377 e. The van der Waals surface area contributed by atoms with Crippen molar-refractivity contribution >= 4 is 17.6 Å². The highest BCUT2D eigenvalue weighted by Crippen LogP contribution is 2.52. The molecule has 0 spiro atoms. The Balaban J connectivity index is 1.36. The van der Waals surface area contributed by atoms with Gasteiger partial charge in [0, 0.05) is 41.6 Å². The van der Waals surface area contributed by atoms with Gasteiger partial charge in [0.2, 0.25) is 11.7 Å². The Bertz CT molecular complexity index is 833. The molecule has 1 aromatic heterocycles. The monoisotopic (exact) mass is 389 g/mol. The fourth-order valence-electron chi connectivity index (χ4n) is 4.16. The largest absolute Gasteiger partial charge is 0.377 e. The minimum atomic E-state index is 0.0883. The van der Waals surface area contributed by atoms with Crippen LogP contribution in [0.1, 0.15) is 26.2 Å². The van der Waals surface area contributed by atoms with E-state index in [9.17, 15) is 0 Å². The molecule has 0 radical (unpaired) electrons. The second-order valence-electron chi connectivity index (χ2n) is 7.63. The molecule has 144 valence electrons. The molecule has 3 unspecified atom stereocenters. The molecule has 1 aliphatic carbocycles. The summed E-state index contributed by atoms with van der Waals surface area (Å²) in [5.41, 5.74) is 0.950. The number of fused-ring (bicyclic) bond motifs is 1. The summed E-state index contributed by atoms with van der Waals surface area (Å²) in [6, 6.07) is 7.67. The molecule has 8 heteroatoms. The quantitative estimate of drug-likeness (QED) is 0.617. The van der Waals surface area contributed by atoms with E-state index < -0.39 is 0 Å². The lowest BCUT2D eigenvalue weighted by atomic mass is 9.57. The number of nitrogens with one attached hydrogen (secondary N) is 2. The highest BCUT2D eigenvalue weighted by atomic mass is 35.5. The predicted octanol–water partition coefficient (Wildman–Crippen LogP) is 2.87. The Morgan fingerprint density at radius 3 is 2.85 bits per heavy atom. The standard InChI is InChI=1S/C19H24ClN5O2/c1-19(2)15(13-8-9-26-16(13)19)24-18(21-3)22-10-14-23-17(25-27-14)11-4-6-12(20)7-5-11/h4-7,13,15-16H,8-10H2,1-3H3,(H2,21,22,24). The molecular weight excluding hydrogens is 366 g/mol. The lowest BCUT2D eigenvalue weighted by Crippen LogP contribution is -2.67. The third-order valence-electron chi connectivity index (χ3n) is 5.59. The summed E-state index contributed by atoms with van der Waals surface area (Å²) in [7, 11) is 1.76. The molecule has 4 rings (SSSR count). The van der Waals surface area contributed by atoms with Gasteiger partial charge < -0.3 is 19.9 Å². The molecule has 0 amide bonds. The van der Waals surface area contributed by atoms with E-state index in [1.54, 1.807) is 19.2 Å². The van der Waals surface area contributed by atoms with Crippen molar-refractivity contribution in [1.29, 1.82) is 0 Å². The van der Waals surface area contributed by atoms with E-state index in [0.29, 0.717) is 41.3 Å². The van der Waals surface area contributed by atoms with Gasteiger partial charge in [-0.1, -0.05) is 30.6 Å². The van der Waals surface area contributed by atoms with E-state index in [4.69, 9.17) is 20.9 Å². The molecule has 3 atom stereocenters. The van der Waals surface area contributed by atoms with Crippen LogP contribution >= 0.6 is 11.6 Å². The number of hydrogen-bond acceptors (Lipinski definition) is 5. The molecule has 2 aliphatic rings. The summed E-state index contributed by atoms with van der Waals surface area (Å²) in [5, 5.41) is 11.5. The Hall–Kier alpha value is -2.12. The second-order valence-corrected chi connectivity index (χ2v) is 8.07. The number of aromatic nitrogens is 2. The van der Waals surface area contributed by atoms with E-state index >= 15 is 0 Å². The number of hydrogen-bond donors (Lipinski definition) is 2. The van der Waals surface area contributed by atoms with E-state index in [1.165, 1.54) is 0 Å². The number of guanidine groups is 1. The van der Waals surface area contributed by atoms with Gasteiger partial charge in [-0.25, -0.2) is 0 Å². The van der Waals surface area contributed by atoms with Crippen molar-refractivity contribution in [2.24, 2.45) is 16.3 Å². The maximum atomic E-state index is 5.91. The maximum absolute atomic E-state index is 5.91. The summed E-state index contributed by atoms with van der Waals surface area (Å²) < 4.78 is 11.2. The first-order valence-corrected chi connectivity index (χ1v) is 9.54. The number of halogens is 1. The van der Waals surface area contributed by atoms with Gasteiger partial charge in [-0.05, 0) is 30.7 Å². The van der Waals surface area contributed by atoms with Crippen molar-refractivity contribution in [3.05, 3.63) is 35.2 Å². The van der Waals surface area contributed by atoms with Gasteiger partial charge in [0.25, 0.3) is 0 Å². The molecule has 2 fully saturated rings. The smallest absolute Gasteiger partial charge is 0.246 e. The lowest BCUT2D eigenvalue weighted by Gasteiger charge is -2.54. The first-order valence-electron chi connectivity index (χ1n) is 9.16. The Morgan fingerprint density at radius 2 is 2.11 bits per heavy atom. The van der Waals surface area contributed by atoms with Gasteiger partial charge in [-0.3, -0.25) is 4.99 Å². The molecule has 1 saturated carbocycles. The van der Waals surface area contributed by atoms with Crippen molar-refractivity contribution in [3.8, 4) is 11.4 Å². The number of benzene rings is 1. The van der Waals surface area contributed by atoms with Crippen molar-refractivity contribution in [2.75, 3.05) is 13.7 Å². The molecular formula is C19H24ClN5O2. The van der Waals surface area contributed by atoms with E-state index in [0.717, 1.165) is 24.6 Å². The first kappa shape index (κ1) is 18.3. The van der Waals surface area contributed by atoms with Crippen LogP contribution in [-0.2, 0) is 11.3 Å². The number of rotatable bonds is 4. The van der Waals surface area contributed by atoms with E-state index in [2.05, 4.69) is 39.6 Å². The normalized spacial score (nSPS) is 26.4. The summed E-state index contributed by atoms with van der Waals surface area (Å²) in [6.45, 7) is 5.72. The fraction of sp³-hybridized carbons (Fsp3) is 0.526. The van der Waals surface area contributed by atoms with Crippen LogP contribution in [0.5, 0.6) is 0 Å². The fourth-order valence-corrected chi connectivity index (χ4v) is 4.29. The maximum Gasteiger partial charge on any atom is 0.246 e.